The lowest BCUT2D eigenvalue weighted by molar-refractivity contribution is -0.125. The molecule has 3 N–H and O–H groups in total. The van der Waals surface area contributed by atoms with Crippen LogP contribution >= 0.6 is 0 Å². The van der Waals surface area contributed by atoms with E-state index in [2.05, 4.69) is 29.5 Å². The number of carbonyl (C=O) groups is 2. The first-order chi connectivity index (χ1) is 13.8. The van der Waals surface area contributed by atoms with Crippen molar-refractivity contribution in [2.24, 2.45) is 0 Å². The van der Waals surface area contributed by atoms with Crippen LogP contribution in [-0.4, -0.2) is 34.2 Å². The summed E-state index contributed by atoms with van der Waals surface area (Å²) in [6, 6.07) is 9.01. The predicted octanol–water partition coefficient (Wildman–Crippen LogP) is 3.67. The predicted molar refractivity (Wildman–Crippen MR) is 106 cm³/mol. The molecule has 1 aliphatic carbocycles. The monoisotopic (exact) mass is 397 g/mol. The smallest absolute Gasteiger partial charge is 0.405 e. The van der Waals surface area contributed by atoms with Crippen LogP contribution in [0.5, 0.6) is 17.4 Å². The molecule has 2 amide bonds. The quantitative estimate of drug-likeness (QED) is 0.710. The van der Waals surface area contributed by atoms with Gasteiger partial charge in [0.25, 0.3) is 0 Å². The Morgan fingerprint density at radius 1 is 1.21 bits per heavy atom. The molecule has 1 fully saturated rings. The highest BCUT2D eigenvalue weighted by Gasteiger charge is 2.45. The number of hydrogen-bond donors (Lipinski definition) is 3. The first kappa shape index (κ1) is 19.0. The summed E-state index contributed by atoms with van der Waals surface area (Å²) in [5.41, 5.74) is 0.263. The van der Waals surface area contributed by atoms with Gasteiger partial charge in [-0.15, -0.1) is 0 Å². The van der Waals surface area contributed by atoms with E-state index in [0.29, 0.717) is 36.8 Å². The fourth-order valence-electron chi connectivity index (χ4n) is 3.74. The minimum absolute atomic E-state index is 0.159. The molecule has 0 spiro atoms. The Labute approximate surface area is 168 Å². The second-order valence-electron chi connectivity index (χ2n) is 8.11. The first-order valence-corrected chi connectivity index (χ1v) is 9.52. The molecule has 8 nitrogen and oxygen atoms in total. The van der Waals surface area contributed by atoms with Crippen molar-refractivity contribution in [2.45, 2.75) is 44.1 Å². The number of nitrogens with zero attached hydrogens (tertiary/aromatic N) is 1. The number of carbonyl (C=O) groups excluding carboxylic acids is 1. The maximum Gasteiger partial charge on any atom is 0.405 e. The van der Waals surface area contributed by atoms with Crippen LogP contribution in [0.2, 0.25) is 0 Å². The molecular formula is C21H23N3O5. The van der Waals surface area contributed by atoms with E-state index in [9.17, 15) is 9.59 Å². The summed E-state index contributed by atoms with van der Waals surface area (Å²) in [5, 5.41) is 14.0. The molecule has 0 saturated heterocycles. The minimum atomic E-state index is -1.20. The van der Waals surface area contributed by atoms with Crippen LogP contribution < -0.4 is 20.1 Å². The van der Waals surface area contributed by atoms with Crippen LogP contribution in [0.4, 0.5) is 10.5 Å². The van der Waals surface area contributed by atoms with Gasteiger partial charge in [-0.25, -0.2) is 9.78 Å². The fraction of sp³-hybridized carbons (Fsp3) is 0.381. The van der Waals surface area contributed by atoms with Gasteiger partial charge in [-0.05, 0) is 37.5 Å². The van der Waals surface area contributed by atoms with Crippen LogP contribution in [-0.2, 0) is 10.2 Å². The topological polar surface area (TPSA) is 110 Å². The molecule has 1 aromatic carbocycles. The number of carboxylic acid groups (broad SMARTS) is 1. The van der Waals surface area contributed by atoms with E-state index in [1.165, 1.54) is 6.20 Å². The van der Waals surface area contributed by atoms with Gasteiger partial charge in [0.2, 0.25) is 11.8 Å². The van der Waals surface area contributed by atoms with Crippen molar-refractivity contribution in [3.63, 3.8) is 0 Å². The number of pyridine rings is 1. The number of ether oxygens (including phenoxy) is 2. The molecule has 1 saturated carbocycles. The third-order valence-electron chi connectivity index (χ3n) is 5.45. The molecular weight excluding hydrogens is 374 g/mol. The number of amides is 2. The van der Waals surface area contributed by atoms with Crippen molar-refractivity contribution in [2.75, 3.05) is 11.9 Å². The summed E-state index contributed by atoms with van der Waals surface area (Å²) >= 11 is 0. The Hall–Kier alpha value is -3.29. The molecule has 8 heteroatoms. The minimum Gasteiger partial charge on any atom is -0.492 e. The third-order valence-corrected chi connectivity index (χ3v) is 5.45. The molecule has 2 aromatic rings. The van der Waals surface area contributed by atoms with Gasteiger partial charge in [0.1, 0.15) is 17.0 Å². The van der Waals surface area contributed by atoms with Crippen LogP contribution in [0.1, 0.15) is 38.7 Å². The van der Waals surface area contributed by atoms with E-state index in [0.717, 1.165) is 17.7 Å². The SMILES string of the molecule is CC1(C)COc2cccc(Oc3ccc(NC(=O)C4(NC(=O)O)CCC4)cn3)c21. The highest BCUT2D eigenvalue weighted by molar-refractivity contribution is 6.00. The van der Waals surface area contributed by atoms with Gasteiger partial charge in [0, 0.05) is 17.0 Å². The zero-order chi connectivity index (χ0) is 20.6. The van der Waals surface area contributed by atoms with Crippen LogP contribution in [0.25, 0.3) is 0 Å². The fourth-order valence-corrected chi connectivity index (χ4v) is 3.74. The molecule has 0 bridgehead atoms. The normalized spacial score (nSPS) is 18.0. The number of fused-ring (bicyclic) bond motifs is 1. The molecule has 4 rings (SSSR count). The standard InChI is InChI=1S/C21H23N3O5/c1-20(2)12-28-14-5-3-6-15(17(14)20)29-16-8-7-13(11-22-16)23-18(25)21(9-4-10-21)24-19(26)27/h3,5-8,11,24H,4,9-10,12H2,1-2H3,(H,23,25)(H,26,27). The lowest BCUT2D eigenvalue weighted by Gasteiger charge is -2.39. The highest BCUT2D eigenvalue weighted by atomic mass is 16.5. The van der Waals surface area contributed by atoms with Crippen LogP contribution in [0.15, 0.2) is 36.5 Å². The summed E-state index contributed by atoms with van der Waals surface area (Å²) < 4.78 is 11.7. The van der Waals surface area contributed by atoms with Gasteiger partial charge in [0.15, 0.2) is 0 Å². The second kappa shape index (κ2) is 6.95. The van der Waals surface area contributed by atoms with Gasteiger partial charge < -0.3 is 25.2 Å². The molecule has 2 aliphatic rings. The molecule has 2 heterocycles. The molecule has 29 heavy (non-hydrogen) atoms. The number of anilines is 1. The lowest BCUT2D eigenvalue weighted by Crippen LogP contribution is -2.60. The lowest BCUT2D eigenvalue weighted by atomic mass is 9.76. The average molecular weight is 397 g/mol. The van der Waals surface area contributed by atoms with Gasteiger partial charge >= 0.3 is 6.09 Å². The number of benzene rings is 1. The molecule has 0 radical (unpaired) electrons. The Morgan fingerprint density at radius 2 is 2.00 bits per heavy atom. The van der Waals surface area contributed by atoms with E-state index in [4.69, 9.17) is 14.6 Å². The largest absolute Gasteiger partial charge is 0.492 e. The first-order valence-electron chi connectivity index (χ1n) is 9.52. The van der Waals surface area contributed by atoms with Crippen molar-refractivity contribution in [1.29, 1.82) is 0 Å². The summed E-state index contributed by atoms with van der Waals surface area (Å²) in [4.78, 5) is 27.8. The van der Waals surface area contributed by atoms with Crippen molar-refractivity contribution in [3.8, 4) is 17.4 Å². The summed E-state index contributed by atoms with van der Waals surface area (Å²) in [6.45, 7) is 4.78. The van der Waals surface area contributed by atoms with Crippen molar-refractivity contribution in [1.82, 2.24) is 10.3 Å². The second-order valence-corrected chi connectivity index (χ2v) is 8.11. The van der Waals surface area contributed by atoms with E-state index >= 15 is 0 Å². The molecule has 1 aliphatic heterocycles. The Balaban J connectivity index is 1.47. The number of rotatable bonds is 5. The third kappa shape index (κ3) is 3.57. The molecule has 1 aromatic heterocycles. The number of aromatic nitrogens is 1. The van der Waals surface area contributed by atoms with Gasteiger partial charge in [-0.3, -0.25) is 4.79 Å². The van der Waals surface area contributed by atoms with E-state index in [1.54, 1.807) is 12.1 Å². The summed E-state index contributed by atoms with van der Waals surface area (Å²) in [5.74, 6) is 1.52. The van der Waals surface area contributed by atoms with Crippen LogP contribution in [0, 0.1) is 0 Å². The van der Waals surface area contributed by atoms with Gasteiger partial charge in [-0.2, -0.15) is 0 Å². The number of hydrogen-bond acceptors (Lipinski definition) is 5. The maximum absolute atomic E-state index is 12.5. The molecule has 0 atom stereocenters. The van der Waals surface area contributed by atoms with Gasteiger partial charge in [-0.1, -0.05) is 19.9 Å². The van der Waals surface area contributed by atoms with Gasteiger partial charge in [0.05, 0.1) is 18.5 Å². The van der Waals surface area contributed by atoms with E-state index in [1.807, 2.05) is 18.2 Å². The highest BCUT2D eigenvalue weighted by Crippen LogP contribution is 2.45. The Kier molecular flexibility index (Phi) is 4.56. The summed E-state index contributed by atoms with van der Waals surface area (Å²) in [6.07, 6.45) is 2.06. The van der Waals surface area contributed by atoms with E-state index < -0.39 is 11.6 Å². The molecule has 0 unspecified atom stereocenters. The zero-order valence-corrected chi connectivity index (χ0v) is 16.3. The van der Waals surface area contributed by atoms with E-state index in [-0.39, 0.29) is 11.3 Å². The van der Waals surface area contributed by atoms with Crippen LogP contribution in [0.3, 0.4) is 0 Å². The maximum atomic E-state index is 12.5. The van der Waals surface area contributed by atoms with Crippen molar-refractivity contribution >= 4 is 17.7 Å². The van der Waals surface area contributed by atoms with Crippen molar-refractivity contribution < 1.29 is 24.2 Å². The number of nitrogens with one attached hydrogen (secondary N) is 2. The van der Waals surface area contributed by atoms with Crippen molar-refractivity contribution in [3.05, 3.63) is 42.1 Å². The Morgan fingerprint density at radius 3 is 2.62 bits per heavy atom. The average Bonchev–Trinajstić information content (AvgIpc) is 2.95. The Bertz CT molecular complexity index is 951. The molecule has 152 valence electrons. The summed E-state index contributed by atoms with van der Waals surface area (Å²) in [7, 11) is 0. The zero-order valence-electron chi connectivity index (χ0n) is 16.3.